The van der Waals surface area contributed by atoms with Gasteiger partial charge in [-0.15, -0.1) is 0 Å². The molecule has 0 aromatic carbocycles. The number of allylic oxidation sites excluding steroid dienone is 4. The fourth-order valence-corrected chi connectivity index (χ4v) is 7.72. The Hall–Kier alpha value is -0.950. The number of fused-ring (bicyclic) bond motifs is 5. The molecule has 0 spiro atoms. The van der Waals surface area contributed by atoms with E-state index < -0.39 is 40.9 Å². The maximum Gasteiger partial charge on any atom is 0.456 e. The molecule has 0 aliphatic heterocycles. The Morgan fingerprint density at radius 2 is 1.70 bits per heavy atom. The molecule has 30 heavy (non-hydrogen) atoms. The van der Waals surface area contributed by atoms with Crippen molar-refractivity contribution >= 4 is 17.4 Å². The molecule has 4 aliphatic carbocycles. The van der Waals surface area contributed by atoms with E-state index in [9.17, 15) is 31.9 Å². The first kappa shape index (κ1) is 22.3. The molecule has 0 bridgehead atoms. The number of carbonyl (C=O) groups is 1. The second kappa shape index (κ2) is 6.31. The summed E-state index contributed by atoms with van der Waals surface area (Å²) in [4.78, 5) is 12.1. The van der Waals surface area contributed by atoms with Crippen LogP contribution >= 0.6 is 11.6 Å². The molecule has 4 rings (SSSR count). The van der Waals surface area contributed by atoms with E-state index in [1.54, 1.807) is 0 Å². The zero-order chi connectivity index (χ0) is 22.5. The summed E-state index contributed by atoms with van der Waals surface area (Å²) in [5, 5.41) is 11.1. The standard InChI is InChI=1S/C22H26ClF5O2/c1-11-10-14-17(23)15(29)6-7-18(14,2)12-4-8-19(3)13(16(11)12)5-9-20(19,30)21(24,25)22(26,27)28/h6-7,11-13,16,30H,4-5,8-10H2,1-3H3/t11?,12-,13+,16-,18-,19+,20?/m1/s1. The van der Waals surface area contributed by atoms with Crippen LogP contribution in [0.25, 0.3) is 0 Å². The van der Waals surface area contributed by atoms with Crippen molar-refractivity contribution in [3.05, 3.63) is 22.8 Å². The molecule has 0 aromatic heterocycles. The first-order valence-corrected chi connectivity index (χ1v) is 10.8. The van der Waals surface area contributed by atoms with Crippen LogP contribution in [0.4, 0.5) is 22.0 Å². The Labute approximate surface area is 177 Å². The third-order valence-corrected chi connectivity index (χ3v) is 9.44. The number of rotatable bonds is 1. The lowest BCUT2D eigenvalue weighted by Gasteiger charge is -2.60. The minimum absolute atomic E-state index is 0.0331. The number of carbonyl (C=O) groups excluding carboxylic acids is 1. The monoisotopic (exact) mass is 452 g/mol. The van der Waals surface area contributed by atoms with Gasteiger partial charge in [-0.25, -0.2) is 0 Å². The number of halogens is 6. The van der Waals surface area contributed by atoms with Crippen LogP contribution in [0, 0.1) is 34.5 Å². The highest BCUT2D eigenvalue weighted by Gasteiger charge is 2.79. The summed E-state index contributed by atoms with van der Waals surface area (Å²) in [5.41, 5.74) is -4.36. The molecule has 0 heterocycles. The lowest BCUT2D eigenvalue weighted by Crippen LogP contribution is -2.66. The number of hydrogen-bond donors (Lipinski definition) is 1. The molecule has 3 saturated carbocycles. The largest absolute Gasteiger partial charge is 0.456 e. The van der Waals surface area contributed by atoms with Crippen LogP contribution < -0.4 is 0 Å². The summed E-state index contributed by atoms with van der Waals surface area (Å²) >= 11 is 6.34. The Morgan fingerprint density at radius 3 is 2.30 bits per heavy atom. The SMILES string of the molecule is CC1CC2=C(Cl)C(=O)C=C[C@]2(C)[C@@H]2CC[C@@]3(C)[C@@H](CCC3(O)C(F)(F)C(F)(F)F)[C@H]12. The number of alkyl halides is 5. The number of aliphatic hydroxyl groups is 1. The van der Waals surface area contributed by atoms with Gasteiger partial charge in [-0.2, -0.15) is 22.0 Å². The third-order valence-electron chi connectivity index (χ3n) is 9.03. The molecular formula is C22H26ClF5O2. The van der Waals surface area contributed by atoms with E-state index in [1.165, 1.54) is 13.0 Å². The third kappa shape index (κ3) is 2.48. The first-order chi connectivity index (χ1) is 13.6. The highest BCUT2D eigenvalue weighted by atomic mass is 35.5. The van der Waals surface area contributed by atoms with E-state index in [0.717, 1.165) is 5.57 Å². The van der Waals surface area contributed by atoms with Gasteiger partial charge in [0.25, 0.3) is 0 Å². The molecule has 7 atom stereocenters. The second-order valence-corrected chi connectivity index (χ2v) is 10.5. The van der Waals surface area contributed by atoms with Crippen LogP contribution in [0.15, 0.2) is 22.8 Å². The Bertz CT molecular complexity index is 849. The fraction of sp³-hybridized carbons (Fsp3) is 0.773. The van der Waals surface area contributed by atoms with Crippen molar-refractivity contribution < 1.29 is 31.9 Å². The highest BCUT2D eigenvalue weighted by Crippen LogP contribution is 2.71. The highest BCUT2D eigenvalue weighted by molar-refractivity contribution is 6.45. The molecular weight excluding hydrogens is 427 g/mol. The molecule has 2 nitrogen and oxygen atoms in total. The summed E-state index contributed by atoms with van der Waals surface area (Å²) in [6.45, 7) is 5.34. The average Bonchev–Trinajstić information content (AvgIpc) is 2.92. The van der Waals surface area contributed by atoms with Gasteiger partial charge in [0.2, 0.25) is 0 Å². The summed E-state index contributed by atoms with van der Waals surface area (Å²) < 4.78 is 68.9. The lowest BCUT2D eigenvalue weighted by atomic mass is 9.45. The molecule has 0 saturated heterocycles. The molecule has 8 heteroatoms. The zero-order valence-corrected chi connectivity index (χ0v) is 17.9. The maximum absolute atomic E-state index is 14.5. The molecule has 1 N–H and O–H groups in total. The van der Waals surface area contributed by atoms with Gasteiger partial charge in [0.05, 0.1) is 5.03 Å². The van der Waals surface area contributed by atoms with Crippen molar-refractivity contribution in [2.24, 2.45) is 34.5 Å². The molecule has 2 unspecified atom stereocenters. The van der Waals surface area contributed by atoms with Crippen LogP contribution in [0.2, 0.25) is 0 Å². The van der Waals surface area contributed by atoms with Gasteiger partial charge >= 0.3 is 12.1 Å². The topological polar surface area (TPSA) is 37.3 Å². The van der Waals surface area contributed by atoms with Crippen molar-refractivity contribution in [1.82, 2.24) is 0 Å². The second-order valence-electron chi connectivity index (χ2n) is 10.2. The van der Waals surface area contributed by atoms with E-state index in [0.29, 0.717) is 12.8 Å². The minimum atomic E-state index is -5.81. The van der Waals surface area contributed by atoms with Crippen LogP contribution in [-0.2, 0) is 4.79 Å². The molecule has 0 aromatic rings. The predicted molar refractivity (Wildman–Crippen MR) is 102 cm³/mol. The first-order valence-electron chi connectivity index (χ1n) is 10.4. The van der Waals surface area contributed by atoms with Crippen LogP contribution in [0.3, 0.4) is 0 Å². The zero-order valence-electron chi connectivity index (χ0n) is 17.1. The summed E-state index contributed by atoms with van der Waals surface area (Å²) in [5.74, 6) is -6.11. The smallest absolute Gasteiger partial charge is 0.383 e. The maximum atomic E-state index is 14.5. The molecule has 0 amide bonds. The Kier molecular flexibility index (Phi) is 4.68. The van der Waals surface area contributed by atoms with Crippen LogP contribution in [0.5, 0.6) is 0 Å². The Morgan fingerprint density at radius 1 is 1.10 bits per heavy atom. The lowest BCUT2D eigenvalue weighted by molar-refractivity contribution is -0.364. The van der Waals surface area contributed by atoms with Gasteiger partial charge in [0.1, 0.15) is 5.60 Å². The van der Waals surface area contributed by atoms with Gasteiger partial charge in [-0.3, -0.25) is 4.79 Å². The fourth-order valence-electron chi connectivity index (χ4n) is 7.38. The molecule has 168 valence electrons. The van der Waals surface area contributed by atoms with Crippen molar-refractivity contribution in [1.29, 1.82) is 0 Å². The molecule has 0 radical (unpaired) electrons. The van der Waals surface area contributed by atoms with E-state index >= 15 is 0 Å². The van der Waals surface area contributed by atoms with Crippen molar-refractivity contribution in [2.45, 2.75) is 70.6 Å². The summed E-state index contributed by atoms with van der Waals surface area (Å²) in [7, 11) is 0. The van der Waals surface area contributed by atoms with Crippen molar-refractivity contribution in [2.75, 3.05) is 0 Å². The minimum Gasteiger partial charge on any atom is -0.383 e. The van der Waals surface area contributed by atoms with Gasteiger partial charge < -0.3 is 5.11 Å². The van der Waals surface area contributed by atoms with E-state index in [4.69, 9.17) is 11.6 Å². The van der Waals surface area contributed by atoms with E-state index in [-0.39, 0.29) is 41.4 Å². The Balaban J connectivity index is 1.77. The van der Waals surface area contributed by atoms with Gasteiger partial charge in [-0.05, 0) is 67.4 Å². The molecule has 3 fully saturated rings. The van der Waals surface area contributed by atoms with Crippen molar-refractivity contribution in [3.63, 3.8) is 0 Å². The number of hydrogen-bond acceptors (Lipinski definition) is 2. The summed E-state index contributed by atoms with van der Waals surface area (Å²) in [6, 6.07) is 0. The van der Waals surface area contributed by atoms with E-state index in [2.05, 4.69) is 0 Å². The van der Waals surface area contributed by atoms with Crippen LogP contribution in [0.1, 0.15) is 52.9 Å². The quantitative estimate of drug-likeness (QED) is 0.493. The van der Waals surface area contributed by atoms with Crippen LogP contribution in [-0.4, -0.2) is 28.6 Å². The van der Waals surface area contributed by atoms with Gasteiger partial charge in [0.15, 0.2) is 5.78 Å². The van der Waals surface area contributed by atoms with Gasteiger partial charge in [-0.1, -0.05) is 38.4 Å². The van der Waals surface area contributed by atoms with Gasteiger partial charge in [0, 0.05) is 10.8 Å². The van der Waals surface area contributed by atoms with Crippen molar-refractivity contribution in [3.8, 4) is 0 Å². The van der Waals surface area contributed by atoms with E-state index in [1.807, 2.05) is 19.9 Å². The number of ketones is 1. The molecule has 4 aliphatic rings. The summed E-state index contributed by atoms with van der Waals surface area (Å²) in [6.07, 6.45) is -2.05. The normalized spacial score (nSPS) is 46.5. The average molecular weight is 453 g/mol. The predicted octanol–water partition coefficient (Wildman–Crippen LogP) is 6.04.